The zero-order chi connectivity index (χ0) is 21.7. The number of hydrogen-bond acceptors (Lipinski definition) is 3. The zero-order valence-corrected chi connectivity index (χ0v) is 19.5. The molecule has 0 heterocycles. The smallest absolute Gasteiger partial charge is 0.166 e. The van der Waals surface area contributed by atoms with Crippen molar-refractivity contribution in [2.75, 3.05) is 6.61 Å². The van der Waals surface area contributed by atoms with Crippen molar-refractivity contribution in [3.05, 3.63) is 23.8 Å². The maximum atomic E-state index is 13.2. The Morgan fingerprint density at radius 3 is 2.67 bits per heavy atom. The van der Waals surface area contributed by atoms with Crippen molar-refractivity contribution in [3.8, 4) is 0 Å². The highest BCUT2D eigenvalue weighted by atomic mass is 16.5. The molecule has 3 nitrogen and oxygen atoms in total. The molecule has 0 aromatic carbocycles. The molecule has 0 aliphatic heterocycles. The van der Waals surface area contributed by atoms with Crippen LogP contribution in [-0.4, -0.2) is 23.8 Å². The van der Waals surface area contributed by atoms with E-state index in [1.807, 2.05) is 6.08 Å². The summed E-state index contributed by atoms with van der Waals surface area (Å²) in [6.07, 6.45) is 12.2. The number of allylic oxidation sites excluding steroid dienone is 1. The molecule has 3 fully saturated rings. The minimum atomic E-state index is -0.821. The molecule has 30 heavy (non-hydrogen) atoms. The Balaban J connectivity index is 1.68. The molecule has 0 radical (unpaired) electrons. The lowest BCUT2D eigenvalue weighted by atomic mass is 9.44. The van der Waals surface area contributed by atoms with Crippen molar-refractivity contribution in [2.45, 2.75) is 97.5 Å². The summed E-state index contributed by atoms with van der Waals surface area (Å²) in [5, 5.41) is 0. The van der Waals surface area contributed by atoms with Crippen LogP contribution >= 0.6 is 0 Å². The fourth-order valence-electron chi connectivity index (χ4n) is 8.24. The van der Waals surface area contributed by atoms with E-state index in [-0.39, 0.29) is 16.6 Å². The number of ketones is 2. The predicted octanol–water partition coefficient (Wildman–Crippen LogP) is 6.22. The molecule has 0 amide bonds. The van der Waals surface area contributed by atoms with Crippen molar-refractivity contribution in [1.29, 1.82) is 0 Å². The number of carbonyl (C=O) groups excluding carboxylic acids is 2. The number of ether oxygens (including phenoxy) is 1. The molecular weight excluding hydrogens is 372 g/mol. The second-order valence-corrected chi connectivity index (χ2v) is 11.1. The van der Waals surface area contributed by atoms with Gasteiger partial charge in [0.25, 0.3) is 0 Å². The Morgan fingerprint density at radius 2 is 1.97 bits per heavy atom. The highest BCUT2D eigenvalue weighted by molar-refractivity contribution is 5.91. The normalized spacial score (nSPS) is 42.9. The first-order valence-electron chi connectivity index (χ1n) is 12.3. The highest BCUT2D eigenvalue weighted by Gasteiger charge is 2.70. The minimum absolute atomic E-state index is 0.149. The van der Waals surface area contributed by atoms with Crippen LogP contribution in [0.15, 0.2) is 23.8 Å². The fourth-order valence-corrected chi connectivity index (χ4v) is 8.24. The quantitative estimate of drug-likeness (QED) is 0.384. The first kappa shape index (κ1) is 22.0. The van der Waals surface area contributed by atoms with Gasteiger partial charge in [-0.1, -0.05) is 45.8 Å². The van der Waals surface area contributed by atoms with Crippen molar-refractivity contribution < 1.29 is 14.3 Å². The minimum Gasteiger partial charge on any atom is -0.362 e. The standard InChI is InChI=1S/C27H40O3/c1-6-7-8-15-30-27(19(3)28)18(2)16-24-25(4)13-11-20-17-21(29)9-10-22(20)23(25)12-14-26(24,27)5/h17,22-24H,2,6-16H2,1,3-5H3/t22-,23+,24-,25?,26-,27-/m0/s1. The molecule has 0 saturated heterocycles. The van der Waals surface area contributed by atoms with Gasteiger partial charge in [-0.15, -0.1) is 0 Å². The summed E-state index contributed by atoms with van der Waals surface area (Å²) in [6.45, 7) is 13.8. The van der Waals surface area contributed by atoms with Crippen LogP contribution in [0.4, 0.5) is 0 Å². The third-order valence-electron chi connectivity index (χ3n) is 9.66. The van der Waals surface area contributed by atoms with E-state index < -0.39 is 5.60 Å². The predicted molar refractivity (Wildman–Crippen MR) is 120 cm³/mol. The maximum absolute atomic E-state index is 13.2. The fraction of sp³-hybridized carbons (Fsp3) is 0.778. The number of fused-ring (bicyclic) bond motifs is 5. The number of Topliss-reactive ketones (excluding diaryl/α,β-unsaturated/α-hetero) is 1. The van der Waals surface area contributed by atoms with Gasteiger partial charge in [0.2, 0.25) is 0 Å². The summed E-state index contributed by atoms with van der Waals surface area (Å²) in [7, 11) is 0. The SMILES string of the molecule is C=C1C[C@H]2C3(C)CCC4=CC(=O)CC[C@@H]4[C@H]3CC[C@]2(C)[C@@]1(OCCCCC)C(C)=O. The van der Waals surface area contributed by atoms with Gasteiger partial charge in [-0.05, 0) is 86.7 Å². The Kier molecular flexibility index (Phi) is 5.66. The van der Waals surface area contributed by atoms with Gasteiger partial charge in [-0.25, -0.2) is 0 Å². The molecule has 1 unspecified atom stereocenters. The summed E-state index contributed by atoms with van der Waals surface area (Å²) in [6, 6.07) is 0. The van der Waals surface area contributed by atoms with E-state index in [1.165, 1.54) is 5.57 Å². The van der Waals surface area contributed by atoms with E-state index in [0.717, 1.165) is 63.4 Å². The van der Waals surface area contributed by atoms with Gasteiger partial charge in [0.15, 0.2) is 17.2 Å². The first-order chi connectivity index (χ1) is 14.2. The van der Waals surface area contributed by atoms with Crippen LogP contribution in [0.2, 0.25) is 0 Å². The van der Waals surface area contributed by atoms with Crippen LogP contribution in [0.1, 0.15) is 91.9 Å². The van der Waals surface area contributed by atoms with E-state index >= 15 is 0 Å². The molecule has 0 bridgehead atoms. The molecule has 0 N–H and O–H groups in total. The molecule has 0 aromatic heterocycles. The second kappa shape index (κ2) is 7.73. The van der Waals surface area contributed by atoms with Gasteiger partial charge < -0.3 is 4.74 Å². The summed E-state index contributed by atoms with van der Waals surface area (Å²) in [5.41, 5.74) is 1.60. The lowest BCUT2D eigenvalue weighted by Gasteiger charge is -2.61. The average molecular weight is 413 g/mol. The van der Waals surface area contributed by atoms with E-state index in [2.05, 4.69) is 27.4 Å². The summed E-state index contributed by atoms with van der Waals surface area (Å²) < 4.78 is 6.58. The van der Waals surface area contributed by atoms with Crippen LogP contribution in [0.3, 0.4) is 0 Å². The van der Waals surface area contributed by atoms with Crippen molar-refractivity contribution in [2.24, 2.45) is 28.6 Å². The van der Waals surface area contributed by atoms with Crippen molar-refractivity contribution in [1.82, 2.24) is 0 Å². The van der Waals surface area contributed by atoms with E-state index in [9.17, 15) is 9.59 Å². The largest absolute Gasteiger partial charge is 0.362 e. The Hall–Kier alpha value is -1.22. The lowest BCUT2D eigenvalue weighted by molar-refractivity contribution is -0.177. The second-order valence-electron chi connectivity index (χ2n) is 11.1. The van der Waals surface area contributed by atoms with Crippen LogP contribution in [0.5, 0.6) is 0 Å². The Morgan fingerprint density at radius 1 is 1.20 bits per heavy atom. The number of hydrogen-bond donors (Lipinski definition) is 0. The van der Waals surface area contributed by atoms with Crippen LogP contribution < -0.4 is 0 Å². The Bertz CT molecular complexity index is 779. The summed E-state index contributed by atoms with van der Waals surface area (Å²) >= 11 is 0. The van der Waals surface area contributed by atoms with Gasteiger partial charge in [-0.3, -0.25) is 9.59 Å². The van der Waals surface area contributed by atoms with E-state index in [0.29, 0.717) is 36.6 Å². The molecule has 166 valence electrons. The van der Waals surface area contributed by atoms with Crippen LogP contribution in [-0.2, 0) is 14.3 Å². The molecular formula is C27H40O3. The van der Waals surface area contributed by atoms with E-state index in [1.54, 1.807) is 6.92 Å². The van der Waals surface area contributed by atoms with Gasteiger partial charge in [0, 0.05) is 18.4 Å². The molecule has 4 aliphatic rings. The highest BCUT2D eigenvalue weighted by Crippen LogP contribution is 2.71. The number of unbranched alkanes of at least 4 members (excludes halogenated alkanes) is 2. The van der Waals surface area contributed by atoms with Gasteiger partial charge in [-0.2, -0.15) is 0 Å². The third-order valence-corrected chi connectivity index (χ3v) is 9.66. The lowest BCUT2D eigenvalue weighted by Crippen LogP contribution is -2.60. The van der Waals surface area contributed by atoms with E-state index in [4.69, 9.17) is 4.74 Å². The van der Waals surface area contributed by atoms with Crippen molar-refractivity contribution >= 4 is 11.6 Å². The molecule has 0 aromatic rings. The van der Waals surface area contributed by atoms with Crippen molar-refractivity contribution in [3.63, 3.8) is 0 Å². The maximum Gasteiger partial charge on any atom is 0.166 e. The molecule has 3 heteroatoms. The van der Waals surface area contributed by atoms with Gasteiger partial charge in [0.05, 0.1) is 0 Å². The molecule has 4 rings (SSSR count). The third kappa shape index (κ3) is 2.94. The van der Waals surface area contributed by atoms with Gasteiger partial charge >= 0.3 is 0 Å². The molecule has 0 spiro atoms. The monoisotopic (exact) mass is 412 g/mol. The van der Waals surface area contributed by atoms with Crippen LogP contribution in [0, 0.1) is 28.6 Å². The number of carbonyl (C=O) groups is 2. The summed E-state index contributed by atoms with van der Waals surface area (Å²) in [4.78, 5) is 25.2. The molecule has 3 saturated carbocycles. The zero-order valence-electron chi connectivity index (χ0n) is 19.5. The Labute approximate surface area is 182 Å². The summed E-state index contributed by atoms with van der Waals surface area (Å²) in [5.74, 6) is 2.05. The first-order valence-corrected chi connectivity index (χ1v) is 12.3. The van der Waals surface area contributed by atoms with Gasteiger partial charge in [0.1, 0.15) is 0 Å². The molecule has 6 atom stereocenters. The van der Waals surface area contributed by atoms with Crippen LogP contribution in [0.25, 0.3) is 0 Å². The topological polar surface area (TPSA) is 43.4 Å². The molecule has 4 aliphatic carbocycles. The average Bonchev–Trinajstić information content (AvgIpc) is 2.94. The number of rotatable bonds is 6.